The number of aromatic amines is 1. The van der Waals surface area contributed by atoms with E-state index < -0.39 is 11.4 Å². The first-order valence-corrected chi connectivity index (χ1v) is 10.9. The fourth-order valence-electron chi connectivity index (χ4n) is 3.42. The fraction of sp³-hybridized carbons (Fsp3) is 0.222. The zero-order valence-electron chi connectivity index (χ0n) is 19.6. The highest BCUT2D eigenvalue weighted by Gasteiger charge is 2.21. The summed E-state index contributed by atoms with van der Waals surface area (Å²) in [4.78, 5) is 23.4. The number of benzene rings is 2. The fourth-order valence-corrected chi connectivity index (χ4v) is 3.42. The quantitative estimate of drug-likeness (QED) is 0.425. The lowest BCUT2D eigenvalue weighted by molar-refractivity contribution is -0.318. The van der Waals surface area contributed by atoms with Crippen LogP contribution in [-0.4, -0.2) is 34.6 Å². The van der Waals surface area contributed by atoms with Gasteiger partial charge in [0.2, 0.25) is 5.88 Å². The highest BCUT2D eigenvalue weighted by atomic mass is 16.5. The third kappa shape index (κ3) is 4.93. The molecule has 0 radical (unpaired) electrons. The van der Waals surface area contributed by atoms with Crippen LogP contribution in [-0.2, 0) is 4.79 Å². The molecule has 34 heavy (non-hydrogen) atoms. The monoisotopic (exact) mass is 456 g/mol. The first-order chi connectivity index (χ1) is 16.3. The number of hydrogen-bond acceptors (Lipinski definition) is 6. The molecule has 0 spiro atoms. The van der Waals surface area contributed by atoms with Crippen molar-refractivity contribution in [2.24, 2.45) is 5.41 Å². The lowest BCUT2D eigenvalue weighted by Crippen LogP contribution is -2.42. The number of aliphatic carboxylic acids is 1. The van der Waals surface area contributed by atoms with Gasteiger partial charge in [-0.1, -0.05) is 38.1 Å². The summed E-state index contributed by atoms with van der Waals surface area (Å²) in [7, 11) is 1.65. The number of imidazole rings is 1. The van der Waals surface area contributed by atoms with Crippen LogP contribution in [0.1, 0.15) is 19.4 Å². The van der Waals surface area contributed by atoms with E-state index in [1.54, 1.807) is 27.2 Å². The van der Waals surface area contributed by atoms with Crippen molar-refractivity contribution in [3.05, 3.63) is 72.6 Å². The molecule has 0 unspecified atom stereocenters. The molecule has 2 heterocycles. The smallest absolute Gasteiger partial charge is 0.213 e. The van der Waals surface area contributed by atoms with Gasteiger partial charge in [0.25, 0.3) is 0 Å². The molecule has 7 nitrogen and oxygen atoms in total. The molecule has 4 rings (SSSR count). The molecule has 0 atom stereocenters. The van der Waals surface area contributed by atoms with Crippen molar-refractivity contribution in [2.75, 3.05) is 13.7 Å². The maximum absolute atomic E-state index is 11.2. The van der Waals surface area contributed by atoms with Gasteiger partial charge in [-0.15, -0.1) is 0 Å². The predicted molar refractivity (Wildman–Crippen MR) is 128 cm³/mol. The number of nitrogens with one attached hydrogen (secondary N) is 1. The van der Waals surface area contributed by atoms with E-state index in [1.165, 1.54) is 0 Å². The molecule has 1 N–H and O–H groups in total. The Morgan fingerprint density at radius 2 is 1.62 bits per heavy atom. The van der Waals surface area contributed by atoms with Gasteiger partial charge in [0.05, 0.1) is 25.0 Å². The van der Waals surface area contributed by atoms with Crippen LogP contribution in [0, 0.1) is 12.3 Å². The van der Waals surface area contributed by atoms with Gasteiger partial charge in [0, 0.05) is 28.8 Å². The topological polar surface area (TPSA) is 100 Å². The third-order valence-electron chi connectivity index (χ3n) is 5.67. The minimum Gasteiger partial charge on any atom is -0.549 e. The van der Waals surface area contributed by atoms with E-state index in [0.717, 1.165) is 45.1 Å². The second-order valence-electron chi connectivity index (χ2n) is 8.75. The van der Waals surface area contributed by atoms with Crippen LogP contribution in [0.25, 0.3) is 33.8 Å². The molecular weight excluding hydrogens is 430 g/mol. The van der Waals surface area contributed by atoms with Crippen LogP contribution >= 0.6 is 0 Å². The summed E-state index contributed by atoms with van der Waals surface area (Å²) >= 11 is 0. The molecule has 0 amide bonds. The normalized spacial score (nSPS) is 11.3. The maximum atomic E-state index is 11.2. The van der Waals surface area contributed by atoms with E-state index >= 15 is 0 Å². The molecule has 2 aromatic carbocycles. The van der Waals surface area contributed by atoms with Gasteiger partial charge in [0.1, 0.15) is 18.2 Å². The molecule has 0 saturated heterocycles. The molecule has 0 aliphatic rings. The zero-order valence-corrected chi connectivity index (χ0v) is 19.6. The van der Waals surface area contributed by atoms with Gasteiger partial charge >= 0.3 is 0 Å². The Morgan fingerprint density at radius 3 is 2.24 bits per heavy atom. The number of aryl methyl sites for hydroxylation is 1. The third-order valence-corrected chi connectivity index (χ3v) is 5.67. The van der Waals surface area contributed by atoms with Crippen molar-refractivity contribution in [1.82, 2.24) is 15.0 Å². The van der Waals surface area contributed by atoms with Crippen LogP contribution in [0.15, 0.2) is 67.0 Å². The maximum Gasteiger partial charge on any atom is 0.213 e. The van der Waals surface area contributed by atoms with E-state index in [4.69, 9.17) is 9.47 Å². The van der Waals surface area contributed by atoms with E-state index in [-0.39, 0.29) is 6.61 Å². The molecule has 0 aliphatic carbocycles. The lowest BCUT2D eigenvalue weighted by Gasteiger charge is -2.25. The molecular formula is C27H26N3O4-. The van der Waals surface area contributed by atoms with Gasteiger partial charge in [-0.3, -0.25) is 0 Å². The number of carbonyl (C=O) groups is 1. The summed E-state index contributed by atoms with van der Waals surface area (Å²) < 4.78 is 10.8. The number of H-pyrrole nitrogens is 1. The van der Waals surface area contributed by atoms with Gasteiger partial charge in [-0.25, -0.2) is 9.97 Å². The van der Waals surface area contributed by atoms with Crippen molar-refractivity contribution in [3.8, 4) is 45.4 Å². The Hall–Kier alpha value is -4.13. The van der Waals surface area contributed by atoms with Crippen molar-refractivity contribution in [2.45, 2.75) is 20.8 Å². The molecule has 174 valence electrons. The number of aromatic nitrogens is 3. The number of ether oxygens (including phenoxy) is 2. The molecule has 0 bridgehead atoms. The Bertz CT molecular complexity index is 1290. The molecule has 0 saturated carbocycles. The standard InChI is InChI=1S/C27H27N3O4/c1-17-13-24(34-16-27(2,3)26(31)32)28-14-22(17)18-5-7-20(8-6-18)25-29-15-23(30-25)19-9-11-21(33-4)12-10-19/h5-15H,16H2,1-4H3,(H,29,30)(H,31,32)/p-1. The summed E-state index contributed by atoms with van der Waals surface area (Å²) in [5, 5.41) is 11.2. The Labute approximate surface area is 198 Å². The largest absolute Gasteiger partial charge is 0.549 e. The summed E-state index contributed by atoms with van der Waals surface area (Å²) in [6, 6.07) is 17.7. The number of methoxy groups -OCH3 is 1. The number of hydrogen-bond donors (Lipinski definition) is 1. The Balaban J connectivity index is 1.48. The SMILES string of the molecule is COc1ccc(-c2cnc(-c3ccc(-c4cnc(OCC(C)(C)C(=O)[O-])cc4C)cc3)[nH]2)cc1. The second-order valence-corrected chi connectivity index (χ2v) is 8.75. The average Bonchev–Trinajstić information content (AvgIpc) is 3.33. The molecule has 2 aromatic heterocycles. The minimum atomic E-state index is -1.16. The molecule has 0 fully saturated rings. The first kappa shape index (κ1) is 23.0. The second kappa shape index (κ2) is 9.39. The predicted octanol–water partition coefficient (Wildman–Crippen LogP) is 4.28. The Morgan fingerprint density at radius 1 is 0.971 bits per heavy atom. The highest BCUT2D eigenvalue weighted by molar-refractivity contribution is 5.72. The molecule has 4 aromatic rings. The summed E-state index contributed by atoms with van der Waals surface area (Å²) in [5.74, 6) is 0.818. The zero-order chi connectivity index (χ0) is 24.3. The van der Waals surface area contributed by atoms with Crippen molar-refractivity contribution >= 4 is 5.97 Å². The molecule has 0 aliphatic heterocycles. The number of carboxylic acid groups (broad SMARTS) is 1. The number of rotatable bonds is 8. The highest BCUT2D eigenvalue weighted by Crippen LogP contribution is 2.29. The van der Waals surface area contributed by atoms with E-state index in [1.807, 2.05) is 67.7 Å². The van der Waals surface area contributed by atoms with Crippen LogP contribution in [0.3, 0.4) is 0 Å². The Kier molecular flexibility index (Phi) is 6.36. The number of nitrogens with zero attached hydrogens (tertiary/aromatic N) is 2. The van der Waals surface area contributed by atoms with Gasteiger partial charge in [-0.05, 0) is 47.9 Å². The average molecular weight is 457 g/mol. The first-order valence-electron chi connectivity index (χ1n) is 10.9. The van der Waals surface area contributed by atoms with Crippen molar-refractivity contribution < 1.29 is 19.4 Å². The van der Waals surface area contributed by atoms with Gasteiger partial charge < -0.3 is 24.4 Å². The van der Waals surface area contributed by atoms with Crippen LogP contribution in [0.5, 0.6) is 11.6 Å². The minimum absolute atomic E-state index is 0.0164. The van der Waals surface area contributed by atoms with Crippen LogP contribution in [0.2, 0.25) is 0 Å². The number of carboxylic acids is 1. The van der Waals surface area contributed by atoms with Crippen molar-refractivity contribution in [3.63, 3.8) is 0 Å². The summed E-state index contributed by atoms with van der Waals surface area (Å²) in [6.45, 7) is 5.07. The van der Waals surface area contributed by atoms with Crippen LogP contribution < -0.4 is 14.6 Å². The lowest BCUT2D eigenvalue weighted by atomic mass is 9.95. The van der Waals surface area contributed by atoms with E-state index in [0.29, 0.717) is 5.88 Å². The molecule has 7 heteroatoms. The van der Waals surface area contributed by atoms with E-state index in [9.17, 15) is 9.90 Å². The summed E-state index contributed by atoms with van der Waals surface area (Å²) in [6.07, 6.45) is 3.56. The van der Waals surface area contributed by atoms with Gasteiger partial charge in [0.15, 0.2) is 0 Å². The van der Waals surface area contributed by atoms with Crippen molar-refractivity contribution in [1.29, 1.82) is 0 Å². The number of pyridine rings is 1. The van der Waals surface area contributed by atoms with Gasteiger partial charge in [-0.2, -0.15) is 0 Å². The van der Waals surface area contributed by atoms with Crippen LogP contribution in [0.4, 0.5) is 0 Å². The summed E-state index contributed by atoms with van der Waals surface area (Å²) in [5.41, 5.74) is 4.79. The number of carbonyl (C=O) groups excluding carboxylic acids is 1. The van der Waals surface area contributed by atoms with E-state index in [2.05, 4.69) is 15.0 Å².